The van der Waals surface area contributed by atoms with Crippen LogP contribution in [0.3, 0.4) is 0 Å². The van der Waals surface area contributed by atoms with E-state index in [-0.39, 0.29) is 0 Å². The number of hydrogen-bond donors (Lipinski definition) is 2. The van der Waals surface area contributed by atoms with Gasteiger partial charge in [0, 0.05) is 12.6 Å². The van der Waals surface area contributed by atoms with Gasteiger partial charge in [0.1, 0.15) is 0 Å². The summed E-state index contributed by atoms with van der Waals surface area (Å²) in [5.74, 6) is 1.000. The molecule has 0 aromatic carbocycles. The van der Waals surface area contributed by atoms with E-state index in [1.807, 2.05) is 0 Å². The molecule has 0 aromatic heterocycles. The van der Waals surface area contributed by atoms with Crippen LogP contribution in [-0.2, 0) is 0 Å². The Morgan fingerprint density at radius 1 is 1.11 bits per heavy atom. The summed E-state index contributed by atoms with van der Waals surface area (Å²) in [6, 6.07) is 0.804. The summed E-state index contributed by atoms with van der Waals surface area (Å²) in [5.41, 5.74) is 6.48. The summed E-state index contributed by atoms with van der Waals surface area (Å²) in [5, 5.41) is 0. The van der Waals surface area contributed by atoms with Crippen molar-refractivity contribution >= 4 is 0 Å². The molecule has 1 atom stereocenters. The number of hydrazine groups is 1. The Hall–Kier alpha value is -0.0800. The fourth-order valence-corrected chi connectivity index (χ4v) is 1.70. The number of nitrogens with one attached hydrogen (secondary N) is 2. The third-order valence-corrected chi connectivity index (χ3v) is 2.59. The summed E-state index contributed by atoms with van der Waals surface area (Å²) in [7, 11) is 0. The van der Waals surface area contributed by atoms with Gasteiger partial charge in [0.2, 0.25) is 0 Å². The van der Waals surface area contributed by atoms with Crippen molar-refractivity contribution in [3.05, 3.63) is 0 Å². The van der Waals surface area contributed by atoms with Crippen LogP contribution in [0.15, 0.2) is 0 Å². The molecule has 9 heavy (non-hydrogen) atoms. The molecule has 1 aliphatic carbocycles. The summed E-state index contributed by atoms with van der Waals surface area (Å²) in [4.78, 5) is 0. The van der Waals surface area contributed by atoms with E-state index in [0.29, 0.717) is 0 Å². The second-order valence-electron chi connectivity index (χ2n) is 3.16. The Morgan fingerprint density at radius 2 is 2.00 bits per heavy atom. The van der Waals surface area contributed by atoms with Crippen molar-refractivity contribution in [3.8, 4) is 0 Å². The molecule has 1 saturated heterocycles. The monoisotopic (exact) mass is 126 g/mol. The van der Waals surface area contributed by atoms with E-state index in [1.165, 1.54) is 32.2 Å². The molecule has 2 aliphatic rings. The van der Waals surface area contributed by atoms with Gasteiger partial charge in [0.25, 0.3) is 0 Å². The van der Waals surface area contributed by atoms with E-state index in [0.717, 1.165) is 12.0 Å². The van der Waals surface area contributed by atoms with E-state index < -0.39 is 0 Å². The van der Waals surface area contributed by atoms with Gasteiger partial charge in [-0.2, -0.15) is 0 Å². The molecule has 0 aromatic rings. The third kappa shape index (κ3) is 0.970. The zero-order valence-electron chi connectivity index (χ0n) is 5.69. The minimum atomic E-state index is 0.804. The lowest BCUT2D eigenvalue weighted by atomic mass is 9.79. The molecule has 52 valence electrons. The molecule has 2 fully saturated rings. The summed E-state index contributed by atoms with van der Waals surface area (Å²) < 4.78 is 0. The normalized spacial score (nSPS) is 36.7. The Balaban J connectivity index is 1.82. The van der Waals surface area contributed by atoms with Crippen LogP contribution in [0.25, 0.3) is 0 Å². The van der Waals surface area contributed by atoms with Gasteiger partial charge in [-0.15, -0.1) is 0 Å². The minimum Gasteiger partial charge on any atom is -0.258 e. The highest BCUT2D eigenvalue weighted by molar-refractivity contribution is 4.84. The molecule has 1 aliphatic heterocycles. The predicted octanol–water partition coefficient (Wildman–Crippen LogP) is 0.653. The quantitative estimate of drug-likeness (QED) is 0.539. The van der Waals surface area contributed by atoms with Crippen LogP contribution in [0.2, 0.25) is 0 Å². The number of rotatable bonds is 1. The standard InChI is InChI=1S/C7H14N2/c1-2-6(3-1)7-4-5-8-9-7/h6-9H,1-5H2. The molecule has 2 heteroatoms. The summed E-state index contributed by atoms with van der Waals surface area (Å²) >= 11 is 0. The van der Waals surface area contributed by atoms with Gasteiger partial charge in [0.05, 0.1) is 0 Å². The number of hydrogen-bond acceptors (Lipinski definition) is 2. The second kappa shape index (κ2) is 2.27. The topological polar surface area (TPSA) is 24.1 Å². The molecule has 1 saturated carbocycles. The van der Waals surface area contributed by atoms with E-state index >= 15 is 0 Å². The first-order valence-electron chi connectivity index (χ1n) is 3.95. The van der Waals surface area contributed by atoms with Crippen molar-refractivity contribution in [2.24, 2.45) is 5.92 Å². The average Bonchev–Trinajstić information content (AvgIpc) is 2.11. The molecule has 1 heterocycles. The van der Waals surface area contributed by atoms with Crippen LogP contribution in [0.5, 0.6) is 0 Å². The maximum Gasteiger partial charge on any atom is 0.0253 e. The Morgan fingerprint density at radius 3 is 2.44 bits per heavy atom. The summed E-state index contributed by atoms with van der Waals surface area (Å²) in [6.07, 6.45) is 5.71. The van der Waals surface area contributed by atoms with E-state index in [4.69, 9.17) is 0 Å². The van der Waals surface area contributed by atoms with Gasteiger partial charge in [-0.1, -0.05) is 6.42 Å². The van der Waals surface area contributed by atoms with Gasteiger partial charge in [-0.3, -0.25) is 10.9 Å². The second-order valence-corrected chi connectivity index (χ2v) is 3.16. The van der Waals surface area contributed by atoms with Gasteiger partial charge in [-0.25, -0.2) is 0 Å². The highest BCUT2D eigenvalue weighted by Crippen LogP contribution is 2.31. The van der Waals surface area contributed by atoms with Crippen LogP contribution in [0.4, 0.5) is 0 Å². The molecular formula is C7H14N2. The maximum atomic E-state index is 3.31. The Bertz CT molecular complexity index is 93.1. The van der Waals surface area contributed by atoms with Gasteiger partial charge in [-0.05, 0) is 25.2 Å². The summed E-state index contributed by atoms with van der Waals surface area (Å²) in [6.45, 7) is 1.17. The fourth-order valence-electron chi connectivity index (χ4n) is 1.70. The zero-order chi connectivity index (χ0) is 6.10. The average molecular weight is 126 g/mol. The van der Waals surface area contributed by atoms with Gasteiger partial charge in [0.15, 0.2) is 0 Å². The van der Waals surface area contributed by atoms with Crippen molar-refractivity contribution < 1.29 is 0 Å². The smallest absolute Gasteiger partial charge is 0.0253 e. The molecule has 2 rings (SSSR count). The molecule has 0 spiro atoms. The molecule has 2 N–H and O–H groups in total. The van der Waals surface area contributed by atoms with Gasteiger partial charge >= 0.3 is 0 Å². The minimum absolute atomic E-state index is 0.804. The predicted molar refractivity (Wildman–Crippen MR) is 36.9 cm³/mol. The molecule has 2 nitrogen and oxygen atoms in total. The Kier molecular flexibility index (Phi) is 1.44. The zero-order valence-corrected chi connectivity index (χ0v) is 5.69. The van der Waals surface area contributed by atoms with Crippen molar-refractivity contribution in [2.45, 2.75) is 31.7 Å². The van der Waals surface area contributed by atoms with E-state index in [9.17, 15) is 0 Å². The van der Waals surface area contributed by atoms with Crippen LogP contribution < -0.4 is 10.9 Å². The Labute approximate surface area is 56.0 Å². The van der Waals surface area contributed by atoms with Crippen LogP contribution in [-0.4, -0.2) is 12.6 Å². The first-order valence-corrected chi connectivity index (χ1v) is 3.95. The van der Waals surface area contributed by atoms with Crippen molar-refractivity contribution in [1.82, 2.24) is 10.9 Å². The van der Waals surface area contributed by atoms with E-state index in [1.54, 1.807) is 0 Å². The highest BCUT2D eigenvalue weighted by atomic mass is 15.4. The van der Waals surface area contributed by atoms with Crippen molar-refractivity contribution in [3.63, 3.8) is 0 Å². The molecule has 0 radical (unpaired) electrons. The molecule has 0 amide bonds. The molecular weight excluding hydrogens is 112 g/mol. The fraction of sp³-hybridized carbons (Fsp3) is 1.00. The van der Waals surface area contributed by atoms with E-state index in [2.05, 4.69) is 10.9 Å². The van der Waals surface area contributed by atoms with Crippen LogP contribution in [0, 0.1) is 5.92 Å². The van der Waals surface area contributed by atoms with Crippen LogP contribution >= 0.6 is 0 Å². The molecule has 1 unspecified atom stereocenters. The van der Waals surface area contributed by atoms with Crippen molar-refractivity contribution in [2.75, 3.05) is 6.54 Å². The lowest BCUT2D eigenvalue weighted by Crippen LogP contribution is -2.38. The molecule has 0 bridgehead atoms. The maximum absolute atomic E-state index is 3.31. The third-order valence-electron chi connectivity index (χ3n) is 2.59. The largest absolute Gasteiger partial charge is 0.258 e. The first kappa shape index (κ1) is 5.69. The SMILES string of the molecule is C1CC(C2CCNN2)C1. The highest BCUT2D eigenvalue weighted by Gasteiger charge is 2.28. The lowest BCUT2D eigenvalue weighted by molar-refractivity contribution is 0.240. The van der Waals surface area contributed by atoms with Crippen LogP contribution in [0.1, 0.15) is 25.7 Å². The first-order chi connectivity index (χ1) is 4.47. The van der Waals surface area contributed by atoms with Crippen molar-refractivity contribution in [1.29, 1.82) is 0 Å². The van der Waals surface area contributed by atoms with Gasteiger partial charge < -0.3 is 0 Å². The lowest BCUT2D eigenvalue weighted by Gasteiger charge is -2.30.